The molecule has 0 aliphatic heterocycles. The lowest BCUT2D eigenvalue weighted by atomic mass is 9.82. The van der Waals surface area contributed by atoms with E-state index in [1.165, 1.54) is 12.8 Å². The second-order valence-electron chi connectivity index (χ2n) is 2.16. The third kappa shape index (κ3) is 0.970. The molecule has 0 aromatic heterocycles. The van der Waals surface area contributed by atoms with Gasteiger partial charge in [-0.1, -0.05) is 15.9 Å². The van der Waals surface area contributed by atoms with Gasteiger partial charge in [0, 0.05) is 11.4 Å². The lowest BCUT2D eigenvalue weighted by Gasteiger charge is -2.31. The molecule has 1 rings (SSSR count). The Morgan fingerprint density at radius 1 is 1.57 bits per heavy atom. The summed E-state index contributed by atoms with van der Waals surface area (Å²) in [4.78, 5) is 0. The third-order valence-corrected chi connectivity index (χ3v) is 2.51. The quantitative estimate of drug-likeness (QED) is 0.577. The number of hydrogen-bond acceptors (Lipinski definition) is 1. The zero-order valence-corrected chi connectivity index (χ0v) is 5.82. The SMILES string of the molecule is NC1CC[C@H]1CBr. The van der Waals surface area contributed by atoms with Crippen LogP contribution in [0.15, 0.2) is 0 Å². The first kappa shape index (κ1) is 5.57. The van der Waals surface area contributed by atoms with Gasteiger partial charge in [-0.05, 0) is 18.8 Å². The second kappa shape index (κ2) is 2.14. The molecule has 0 aromatic carbocycles. The van der Waals surface area contributed by atoms with Gasteiger partial charge in [-0.25, -0.2) is 0 Å². The largest absolute Gasteiger partial charge is 0.327 e. The van der Waals surface area contributed by atoms with E-state index in [2.05, 4.69) is 15.9 Å². The molecule has 0 spiro atoms. The van der Waals surface area contributed by atoms with E-state index in [1.54, 1.807) is 0 Å². The van der Waals surface area contributed by atoms with E-state index in [-0.39, 0.29) is 0 Å². The lowest BCUT2D eigenvalue weighted by molar-refractivity contribution is 0.289. The average molecular weight is 164 g/mol. The van der Waals surface area contributed by atoms with Gasteiger partial charge < -0.3 is 5.73 Å². The maximum absolute atomic E-state index is 5.60. The van der Waals surface area contributed by atoms with Crippen molar-refractivity contribution in [2.24, 2.45) is 11.7 Å². The van der Waals surface area contributed by atoms with Gasteiger partial charge >= 0.3 is 0 Å². The molecule has 0 amide bonds. The predicted octanol–water partition coefficient (Wildman–Crippen LogP) is 1.12. The number of rotatable bonds is 1. The van der Waals surface area contributed by atoms with E-state index < -0.39 is 0 Å². The fraction of sp³-hybridized carbons (Fsp3) is 1.00. The normalized spacial score (nSPS) is 40.3. The van der Waals surface area contributed by atoms with Crippen molar-refractivity contribution in [1.29, 1.82) is 0 Å². The van der Waals surface area contributed by atoms with Crippen LogP contribution in [0.25, 0.3) is 0 Å². The Morgan fingerprint density at radius 2 is 2.29 bits per heavy atom. The van der Waals surface area contributed by atoms with Crippen LogP contribution < -0.4 is 5.73 Å². The maximum Gasteiger partial charge on any atom is 0.00752 e. The molecule has 1 aliphatic carbocycles. The molecule has 0 bridgehead atoms. The third-order valence-electron chi connectivity index (χ3n) is 1.67. The molecule has 42 valence electrons. The highest BCUT2D eigenvalue weighted by Crippen LogP contribution is 2.26. The summed E-state index contributed by atoms with van der Waals surface area (Å²) >= 11 is 3.39. The Labute approximate surface area is 52.4 Å². The fourth-order valence-corrected chi connectivity index (χ4v) is 1.59. The molecule has 2 atom stereocenters. The molecule has 1 nitrogen and oxygen atoms in total. The summed E-state index contributed by atoms with van der Waals surface area (Å²) in [5.74, 6) is 0.778. The van der Waals surface area contributed by atoms with Gasteiger partial charge in [0.1, 0.15) is 0 Å². The average Bonchev–Trinajstić information content (AvgIpc) is 1.65. The molecular weight excluding hydrogens is 154 g/mol. The number of alkyl halides is 1. The first-order valence-electron chi connectivity index (χ1n) is 2.66. The van der Waals surface area contributed by atoms with Crippen LogP contribution in [-0.4, -0.2) is 11.4 Å². The van der Waals surface area contributed by atoms with E-state index in [4.69, 9.17) is 5.73 Å². The summed E-state index contributed by atoms with van der Waals surface area (Å²) in [6, 6.07) is 0.499. The van der Waals surface area contributed by atoms with Crippen molar-refractivity contribution in [2.75, 3.05) is 5.33 Å². The maximum atomic E-state index is 5.60. The summed E-state index contributed by atoms with van der Waals surface area (Å²) < 4.78 is 0. The minimum absolute atomic E-state index is 0.499. The van der Waals surface area contributed by atoms with Crippen molar-refractivity contribution in [1.82, 2.24) is 0 Å². The standard InChI is InChI=1S/C5H10BrN/c6-3-4-1-2-5(4)7/h4-5H,1-3,7H2/t4-,5?/m0/s1. The lowest BCUT2D eigenvalue weighted by Crippen LogP contribution is -2.40. The van der Waals surface area contributed by atoms with Crippen LogP contribution in [0.2, 0.25) is 0 Å². The van der Waals surface area contributed by atoms with Gasteiger partial charge in [0.25, 0.3) is 0 Å². The van der Waals surface area contributed by atoms with Crippen LogP contribution in [0, 0.1) is 5.92 Å². The molecule has 0 aromatic rings. The first-order valence-corrected chi connectivity index (χ1v) is 3.78. The van der Waals surface area contributed by atoms with E-state index in [0.29, 0.717) is 6.04 Å². The van der Waals surface area contributed by atoms with E-state index in [9.17, 15) is 0 Å². The van der Waals surface area contributed by atoms with E-state index in [1.807, 2.05) is 0 Å². The van der Waals surface area contributed by atoms with Gasteiger partial charge in [0.15, 0.2) is 0 Å². The highest BCUT2D eigenvalue weighted by Gasteiger charge is 2.25. The summed E-state index contributed by atoms with van der Waals surface area (Å²) in [6.45, 7) is 0. The highest BCUT2D eigenvalue weighted by atomic mass is 79.9. The topological polar surface area (TPSA) is 26.0 Å². The molecule has 0 saturated heterocycles. The minimum Gasteiger partial charge on any atom is -0.327 e. The molecule has 1 saturated carbocycles. The zero-order valence-electron chi connectivity index (χ0n) is 4.23. The van der Waals surface area contributed by atoms with Gasteiger partial charge in [0.2, 0.25) is 0 Å². The molecule has 7 heavy (non-hydrogen) atoms. The first-order chi connectivity index (χ1) is 3.34. The van der Waals surface area contributed by atoms with Crippen molar-refractivity contribution in [3.05, 3.63) is 0 Å². The van der Waals surface area contributed by atoms with Crippen molar-refractivity contribution in [3.8, 4) is 0 Å². The molecule has 0 radical (unpaired) electrons. The van der Waals surface area contributed by atoms with E-state index >= 15 is 0 Å². The highest BCUT2D eigenvalue weighted by molar-refractivity contribution is 9.09. The molecule has 0 heterocycles. The molecule has 1 fully saturated rings. The Bertz CT molecular complexity index is 63.1. The van der Waals surface area contributed by atoms with Crippen molar-refractivity contribution in [2.45, 2.75) is 18.9 Å². The van der Waals surface area contributed by atoms with Crippen LogP contribution in [0.5, 0.6) is 0 Å². The Kier molecular flexibility index (Phi) is 1.70. The van der Waals surface area contributed by atoms with Crippen molar-refractivity contribution in [3.63, 3.8) is 0 Å². The van der Waals surface area contributed by atoms with Crippen LogP contribution in [0.3, 0.4) is 0 Å². The smallest absolute Gasteiger partial charge is 0.00752 e. The molecule has 1 unspecified atom stereocenters. The summed E-state index contributed by atoms with van der Waals surface area (Å²) in [7, 11) is 0. The van der Waals surface area contributed by atoms with Gasteiger partial charge in [-0.3, -0.25) is 0 Å². The van der Waals surface area contributed by atoms with Crippen LogP contribution >= 0.6 is 15.9 Å². The Hall–Kier alpha value is 0.440. The monoisotopic (exact) mass is 163 g/mol. The van der Waals surface area contributed by atoms with Gasteiger partial charge in [-0.2, -0.15) is 0 Å². The summed E-state index contributed by atoms with van der Waals surface area (Å²) in [5, 5.41) is 1.09. The number of halogens is 1. The molecule has 2 heteroatoms. The summed E-state index contributed by atoms with van der Waals surface area (Å²) in [5.41, 5.74) is 5.60. The van der Waals surface area contributed by atoms with Crippen molar-refractivity contribution < 1.29 is 0 Å². The Balaban J connectivity index is 2.16. The van der Waals surface area contributed by atoms with Crippen LogP contribution in [-0.2, 0) is 0 Å². The number of hydrogen-bond donors (Lipinski definition) is 1. The van der Waals surface area contributed by atoms with Crippen molar-refractivity contribution >= 4 is 15.9 Å². The van der Waals surface area contributed by atoms with Gasteiger partial charge in [0.05, 0.1) is 0 Å². The minimum atomic E-state index is 0.499. The Morgan fingerprint density at radius 3 is 2.29 bits per heavy atom. The van der Waals surface area contributed by atoms with Crippen LogP contribution in [0.4, 0.5) is 0 Å². The second-order valence-corrected chi connectivity index (χ2v) is 2.80. The van der Waals surface area contributed by atoms with Gasteiger partial charge in [-0.15, -0.1) is 0 Å². The fourth-order valence-electron chi connectivity index (χ4n) is 0.786. The molecule has 2 N–H and O–H groups in total. The molecular formula is C5H10BrN. The van der Waals surface area contributed by atoms with Crippen LogP contribution in [0.1, 0.15) is 12.8 Å². The zero-order chi connectivity index (χ0) is 5.28. The summed E-state index contributed by atoms with van der Waals surface area (Å²) in [6.07, 6.45) is 2.56. The number of nitrogens with two attached hydrogens (primary N) is 1. The van der Waals surface area contributed by atoms with E-state index in [0.717, 1.165) is 11.2 Å². The molecule has 1 aliphatic rings. The predicted molar refractivity (Wildman–Crippen MR) is 34.5 cm³/mol.